The van der Waals surface area contributed by atoms with Crippen LogP contribution in [-0.2, 0) is 14.6 Å². The topological polar surface area (TPSA) is 43.4 Å². The predicted octanol–water partition coefficient (Wildman–Crippen LogP) is 6.14. The van der Waals surface area contributed by atoms with E-state index < -0.39 is 32.1 Å². The molecular weight excluding hydrogens is 430 g/mol. The van der Waals surface area contributed by atoms with E-state index in [0.717, 1.165) is 25.0 Å². The highest BCUT2D eigenvalue weighted by Gasteiger charge is 2.60. The van der Waals surface area contributed by atoms with E-state index in [2.05, 4.69) is 13.8 Å². The van der Waals surface area contributed by atoms with Crippen molar-refractivity contribution >= 4 is 21.4 Å². The van der Waals surface area contributed by atoms with Crippen LogP contribution in [-0.4, -0.2) is 15.0 Å². The summed E-state index contributed by atoms with van der Waals surface area (Å²) in [5, 5.41) is 0.411. The first-order chi connectivity index (χ1) is 14.2. The van der Waals surface area contributed by atoms with Crippen LogP contribution in [0.3, 0.4) is 0 Å². The number of ether oxygens (including phenoxy) is 1. The monoisotopic (exact) mass is 454 g/mol. The average Bonchev–Trinajstić information content (AvgIpc) is 2.70. The zero-order valence-electron chi connectivity index (χ0n) is 17.0. The number of sulfone groups is 1. The molecule has 3 nitrogen and oxygen atoms in total. The zero-order valence-corrected chi connectivity index (χ0v) is 18.6. The summed E-state index contributed by atoms with van der Waals surface area (Å²) >= 11 is 5.97. The van der Waals surface area contributed by atoms with Gasteiger partial charge in [0.05, 0.1) is 17.1 Å². The number of rotatable bonds is 4. The van der Waals surface area contributed by atoms with Crippen LogP contribution in [0.2, 0.25) is 5.02 Å². The standard InChI is InChI=1S/C23H25ClF2O3S/c1-14(2)12-15-4-3-11-23(30(27,28)17-7-5-16(24)6-8-17)18(15)13-29-22-20(26)10-9-19(25)21(22)23/h5-10,14-15,18H,3-4,11-13H2,1-2H3/t15-,18-,23-/m0/s1. The van der Waals surface area contributed by atoms with Crippen LogP contribution in [0.25, 0.3) is 0 Å². The van der Waals surface area contributed by atoms with Crippen LogP contribution in [0.1, 0.15) is 45.1 Å². The SMILES string of the molecule is CC(C)C[C@@H]1CCC[C@@]2(S(=O)(=O)c3ccc(Cl)cc3)c3c(F)ccc(F)c3OC[C@@H]12. The molecule has 4 rings (SSSR count). The van der Waals surface area contributed by atoms with E-state index >= 15 is 4.39 Å². The van der Waals surface area contributed by atoms with Crippen LogP contribution in [0.15, 0.2) is 41.3 Å². The van der Waals surface area contributed by atoms with Gasteiger partial charge in [-0.1, -0.05) is 31.9 Å². The zero-order chi connectivity index (χ0) is 21.7. The van der Waals surface area contributed by atoms with Gasteiger partial charge in [-0.15, -0.1) is 0 Å². The fraction of sp³-hybridized carbons (Fsp3) is 0.478. The van der Waals surface area contributed by atoms with Crippen molar-refractivity contribution in [3.05, 3.63) is 58.6 Å². The van der Waals surface area contributed by atoms with Crippen molar-refractivity contribution in [3.63, 3.8) is 0 Å². The summed E-state index contributed by atoms with van der Waals surface area (Å²) in [5.41, 5.74) is -0.151. The van der Waals surface area contributed by atoms with Gasteiger partial charge in [0.1, 0.15) is 10.6 Å². The van der Waals surface area contributed by atoms with Crippen molar-refractivity contribution in [3.8, 4) is 5.75 Å². The van der Waals surface area contributed by atoms with E-state index in [1.807, 2.05) is 0 Å². The number of hydrogen-bond acceptors (Lipinski definition) is 3. The summed E-state index contributed by atoms with van der Waals surface area (Å²) in [4.78, 5) is 0.0682. The summed E-state index contributed by atoms with van der Waals surface area (Å²) in [6.45, 7) is 4.22. The van der Waals surface area contributed by atoms with Crippen LogP contribution in [0, 0.1) is 29.4 Å². The fourth-order valence-electron chi connectivity index (χ4n) is 5.40. The molecule has 1 heterocycles. The molecule has 0 bridgehead atoms. The Balaban J connectivity index is 2.00. The quantitative estimate of drug-likeness (QED) is 0.557. The highest BCUT2D eigenvalue weighted by Crippen LogP contribution is 2.58. The minimum Gasteiger partial charge on any atom is -0.490 e. The molecule has 3 atom stereocenters. The molecule has 2 aromatic rings. The van der Waals surface area contributed by atoms with Crippen molar-refractivity contribution in [1.29, 1.82) is 0 Å². The van der Waals surface area contributed by atoms with Gasteiger partial charge in [0.25, 0.3) is 0 Å². The number of benzene rings is 2. The Morgan fingerprint density at radius 1 is 1.13 bits per heavy atom. The van der Waals surface area contributed by atoms with Gasteiger partial charge < -0.3 is 4.74 Å². The third kappa shape index (κ3) is 3.23. The second-order valence-electron chi connectivity index (χ2n) is 8.78. The molecule has 0 saturated heterocycles. The summed E-state index contributed by atoms with van der Waals surface area (Å²) < 4.78 is 62.2. The van der Waals surface area contributed by atoms with Crippen molar-refractivity contribution in [1.82, 2.24) is 0 Å². The van der Waals surface area contributed by atoms with Gasteiger partial charge in [-0.3, -0.25) is 0 Å². The number of fused-ring (bicyclic) bond motifs is 3. The molecule has 1 fully saturated rings. The first kappa shape index (κ1) is 21.6. The fourth-order valence-corrected chi connectivity index (χ4v) is 7.97. The van der Waals surface area contributed by atoms with Crippen molar-refractivity contribution < 1.29 is 21.9 Å². The first-order valence-electron chi connectivity index (χ1n) is 10.3. The molecular formula is C23H25ClF2O3S. The molecule has 0 spiro atoms. The maximum Gasteiger partial charge on any atom is 0.188 e. The number of hydrogen-bond donors (Lipinski definition) is 0. The lowest BCUT2D eigenvalue weighted by Crippen LogP contribution is -2.54. The van der Waals surface area contributed by atoms with Gasteiger partial charge in [-0.25, -0.2) is 17.2 Å². The third-order valence-electron chi connectivity index (χ3n) is 6.56. The second-order valence-corrected chi connectivity index (χ2v) is 11.4. The Bertz CT molecular complexity index is 1050. The maximum absolute atomic E-state index is 15.2. The Morgan fingerprint density at radius 2 is 1.80 bits per heavy atom. The Morgan fingerprint density at radius 3 is 2.47 bits per heavy atom. The molecule has 0 N–H and O–H groups in total. The predicted molar refractivity (Wildman–Crippen MR) is 112 cm³/mol. The van der Waals surface area contributed by atoms with Gasteiger partial charge in [0.2, 0.25) is 0 Å². The summed E-state index contributed by atoms with van der Waals surface area (Å²) in [5.74, 6) is -1.81. The average molecular weight is 455 g/mol. The van der Waals surface area contributed by atoms with Gasteiger partial charge in [-0.05, 0) is 67.5 Å². The largest absolute Gasteiger partial charge is 0.490 e. The van der Waals surface area contributed by atoms with E-state index in [9.17, 15) is 12.8 Å². The molecule has 162 valence electrons. The number of halogens is 3. The smallest absolute Gasteiger partial charge is 0.188 e. The van der Waals surface area contributed by atoms with E-state index in [0.29, 0.717) is 17.4 Å². The lowest BCUT2D eigenvalue weighted by molar-refractivity contribution is 0.0649. The molecule has 0 radical (unpaired) electrons. The molecule has 2 aromatic carbocycles. The van der Waals surface area contributed by atoms with Crippen molar-refractivity contribution in [2.45, 2.75) is 49.2 Å². The van der Waals surface area contributed by atoms with Gasteiger partial charge in [-0.2, -0.15) is 0 Å². The molecule has 0 aromatic heterocycles. The van der Waals surface area contributed by atoms with Crippen LogP contribution in [0.4, 0.5) is 8.78 Å². The molecule has 7 heteroatoms. The normalized spacial score (nSPS) is 26.1. The molecule has 1 aliphatic heterocycles. The molecule has 1 aliphatic carbocycles. The van der Waals surface area contributed by atoms with E-state index in [1.165, 1.54) is 24.3 Å². The minimum absolute atomic E-state index is 0.0386. The Labute approximate surface area is 181 Å². The van der Waals surface area contributed by atoms with E-state index in [4.69, 9.17) is 16.3 Å². The molecule has 0 unspecified atom stereocenters. The van der Waals surface area contributed by atoms with Crippen molar-refractivity contribution in [2.75, 3.05) is 6.61 Å². The first-order valence-corrected chi connectivity index (χ1v) is 12.2. The third-order valence-corrected chi connectivity index (χ3v) is 9.37. The van der Waals surface area contributed by atoms with Gasteiger partial charge >= 0.3 is 0 Å². The Kier molecular flexibility index (Phi) is 5.60. The summed E-state index contributed by atoms with van der Waals surface area (Å²) in [6, 6.07) is 7.91. The van der Waals surface area contributed by atoms with E-state index in [-0.39, 0.29) is 35.2 Å². The highest BCUT2D eigenvalue weighted by molar-refractivity contribution is 7.92. The molecule has 30 heavy (non-hydrogen) atoms. The van der Waals surface area contributed by atoms with Crippen molar-refractivity contribution in [2.24, 2.45) is 17.8 Å². The lowest BCUT2D eigenvalue weighted by atomic mass is 9.65. The van der Waals surface area contributed by atoms with Gasteiger partial charge in [0, 0.05) is 10.9 Å². The van der Waals surface area contributed by atoms with Crippen LogP contribution in [0.5, 0.6) is 5.75 Å². The molecule has 0 amide bonds. The Hall–Kier alpha value is -1.66. The molecule has 1 saturated carbocycles. The van der Waals surface area contributed by atoms with Gasteiger partial charge in [0.15, 0.2) is 21.4 Å². The van der Waals surface area contributed by atoms with Crippen LogP contribution >= 0.6 is 11.6 Å². The van der Waals surface area contributed by atoms with E-state index in [1.54, 1.807) is 0 Å². The highest BCUT2D eigenvalue weighted by atomic mass is 35.5. The molecule has 2 aliphatic rings. The summed E-state index contributed by atoms with van der Waals surface area (Å²) in [7, 11) is -4.07. The van der Waals surface area contributed by atoms with Crippen LogP contribution < -0.4 is 4.74 Å². The summed E-state index contributed by atoms with van der Waals surface area (Å²) in [6.07, 6.45) is 2.50. The second kappa shape index (κ2) is 7.79. The lowest BCUT2D eigenvalue weighted by Gasteiger charge is -2.50. The minimum atomic E-state index is -4.07. The maximum atomic E-state index is 15.2.